The number of hydrogen-bond donors (Lipinski definition) is 2. The minimum absolute atomic E-state index is 0.143. The van der Waals surface area contributed by atoms with Crippen molar-refractivity contribution in [3.05, 3.63) is 65.2 Å². The molecule has 2 heterocycles. The van der Waals surface area contributed by atoms with Crippen LogP contribution < -0.4 is 10.6 Å². The van der Waals surface area contributed by atoms with Crippen molar-refractivity contribution in [1.82, 2.24) is 14.7 Å². The van der Waals surface area contributed by atoms with E-state index in [0.717, 1.165) is 19.3 Å². The molecule has 0 radical (unpaired) electrons. The van der Waals surface area contributed by atoms with Crippen LogP contribution in [0.4, 0.5) is 5.69 Å². The zero-order chi connectivity index (χ0) is 19.2. The van der Waals surface area contributed by atoms with Crippen LogP contribution in [0.2, 0.25) is 5.02 Å². The lowest BCUT2D eigenvalue weighted by molar-refractivity contribution is 0.0950. The van der Waals surface area contributed by atoms with Crippen LogP contribution in [0.25, 0.3) is 5.52 Å². The van der Waals surface area contributed by atoms with Gasteiger partial charge in [-0.15, -0.1) is 0 Å². The summed E-state index contributed by atoms with van der Waals surface area (Å²) < 4.78 is 1.61. The summed E-state index contributed by atoms with van der Waals surface area (Å²) in [5, 5.41) is 6.16. The number of anilines is 1. The molecule has 6 nitrogen and oxygen atoms in total. The van der Waals surface area contributed by atoms with E-state index < -0.39 is 5.91 Å². The van der Waals surface area contributed by atoms with E-state index in [4.69, 9.17) is 11.6 Å². The summed E-state index contributed by atoms with van der Waals surface area (Å²) in [5.41, 5.74) is 1.39. The van der Waals surface area contributed by atoms with Crippen LogP contribution in [0.3, 0.4) is 0 Å². The second-order valence-electron chi connectivity index (χ2n) is 6.17. The molecule has 2 aromatic heterocycles. The van der Waals surface area contributed by atoms with Crippen molar-refractivity contribution in [2.75, 3.05) is 11.9 Å². The van der Waals surface area contributed by atoms with Gasteiger partial charge < -0.3 is 10.6 Å². The van der Waals surface area contributed by atoms with E-state index >= 15 is 0 Å². The molecular formula is C20H21ClN4O2. The van der Waals surface area contributed by atoms with E-state index in [2.05, 4.69) is 22.5 Å². The molecule has 7 heteroatoms. The fraction of sp³-hybridized carbons (Fsp3) is 0.250. The summed E-state index contributed by atoms with van der Waals surface area (Å²) in [7, 11) is 0. The van der Waals surface area contributed by atoms with Crippen LogP contribution in [0.15, 0.2) is 48.7 Å². The molecule has 2 amide bonds. The van der Waals surface area contributed by atoms with E-state index in [1.165, 1.54) is 0 Å². The zero-order valence-electron chi connectivity index (χ0n) is 15.0. The highest BCUT2D eigenvalue weighted by Crippen LogP contribution is 2.18. The summed E-state index contributed by atoms with van der Waals surface area (Å²) in [4.78, 5) is 29.5. The molecule has 0 fully saturated rings. The van der Waals surface area contributed by atoms with Crippen LogP contribution >= 0.6 is 11.6 Å². The van der Waals surface area contributed by atoms with Gasteiger partial charge in [-0.25, -0.2) is 4.98 Å². The summed E-state index contributed by atoms with van der Waals surface area (Å²) in [5.74, 6) is -0.551. The smallest absolute Gasteiger partial charge is 0.292 e. The number of aromatic nitrogens is 2. The van der Waals surface area contributed by atoms with Crippen LogP contribution in [0.5, 0.6) is 0 Å². The molecule has 0 spiro atoms. The van der Waals surface area contributed by atoms with Gasteiger partial charge in [0, 0.05) is 23.5 Å². The van der Waals surface area contributed by atoms with E-state index in [-0.39, 0.29) is 17.4 Å². The minimum Gasteiger partial charge on any atom is -0.351 e. The molecule has 27 heavy (non-hydrogen) atoms. The number of pyridine rings is 1. The standard InChI is InChI=1S/C20H21ClN4O2/c1-2-3-5-11-22-19(26)17-16-10-4-6-12-25(16)18(24-17)20(27)23-15-9-7-8-14(21)13-15/h4,6-10,12-13H,2-3,5,11H2,1H3,(H,22,26)(H,23,27). The normalized spacial score (nSPS) is 10.7. The Morgan fingerprint density at radius 3 is 2.74 bits per heavy atom. The first kappa shape index (κ1) is 18.9. The van der Waals surface area contributed by atoms with Gasteiger partial charge in [0.05, 0.1) is 5.52 Å². The van der Waals surface area contributed by atoms with Gasteiger partial charge in [0.25, 0.3) is 11.8 Å². The van der Waals surface area contributed by atoms with E-state index in [1.807, 2.05) is 6.07 Å². The Bertz CT molecular complexity index is 968. The Kier molecular flexibility index (Phi) is 6.08. The maximum atomic E-state index is 12.7. The number of rotatable bonds is 7. The molecule has 0 aliphatic carbocycles. The number of nitrogens with one attached hydrogen (secondary N) is 2. The number of hydrogen-bond acceptors (Lipinski definition) is 3. The molecule has 0 saturated carbocycles. The SMILES string of the molecule is CCCCCNC(=O)c1nc(C(=O)Nc2cccc(Cl)c2)n2ccccc12. The number of nitrogens with zero attached hydrogens (tertiary/aromatic N) is 2. The van der Waals surface area contributed by atoms with Crippen molar-refractivity contribution in [3.8, 4) is 0 Å². The van der Waals surface area contributed by atoms with E-state index in [0.29, 0.717) is 22.8 Å². The van der Waals surface area contributed by atoms with Crippen LogP contribution in [-0.2, 0) is 0 Å². The highest BCUT2D eigenvalue weighted by Gasteiger charge is 2.21. The van der Waals surface area contributed by atoms with Crippen molar-refractivity contribution in [3.63, 3.8) is 0 Å². The Balaban J connectivity index is 1.85. The highest BCUT2D eigenvalue weighted by molar-refractivity contribution is 6.31. The van der Waals surface area contributed by atoms with Crippen molar-refractivity contribution < 1.29 is 9.59 Å². The van der Waals surface area contributed by atoms with Gasteiger partial charge in [-0.2, -0.15) is 0 Å². The lowest BCUT2D eigenvalue weighted by atomic mass is 10.2. The molecule has 1 aromatic carbocycles. The maximum absolute atomic E-state index is 12.7. The number of benzene rings is 1. The van der Waals surface area contributed by atoms with Crippen molar-refractivity contribution in [2.45, 2.75) is 26.2 Å². The second-order valence-corrected chi connectivity index (χ2v) is 6.60. The number of carbonyl (C=O) groups is 2. The van der Waals surface area contributed by atoms with Crippen LogP contribution in [-0.4, -0.2) is 27.7 Å². The fourth-order valence-corrected chi connectivity index (χ4v) is 2.97. The summed E-state index contributed by atoms with van der Waals surface area (Å²) in [6.07, 6.45) is 4.76. The van der Waals surface area contributed by atoms with Gasteiger partial charge in [-0.3, -0.25) is 14.0 Å². The molecule has 0 unspecified atom stereocenters. The molecule has 0 aliphatic rings. The molecule has 0 aliphatic heterocycles. The topological polar surface area (TPSA) is 75.5 Å². The van der Waals surface area contributed by atoms with Gasteiger partial charge in [-0.1, -0.05) is 43.5 Å². The number of imidazole rings is 1. The van der Waals surface area contributed by atoms with E-state index in [1.54, 1.807) is 47.0 Å². The number of halogens is 1. The first-order valence-electron chi connectivity index (χ1n) is 8.92. The minimum atomic E-state index is -0.413. The summed E-state index contributed by atoms with van der Waals surface area (Å²) >= 11 is 5.96. The van der Waals surface area contributed by atoms with Crippen molar-refractivity contribution in [2.24, 2.45) is 0 Å². The zero-order valence-corrected chi connectivity index (χ0v) is 15.8. The lowest BCUT2D eigenvalue weighted by Gasteiger charge is -2.04. The van der Waals surface area contributed by atoms with Crippen molar-refractivity contribution in [1.29, 1.82) is 0 Å². The largest absolute Gasteiger partial charge is 0.351 e. The highest BCUT2D eigenvalue weighted by atomic mass is 35.5. The first-order valence-corrected chi connectivity index (χ1v) is 9.30. The molecule has 3 rings (SSSR count). The molecule has 0 atom stereocenters. The van der Waals surface area contributed by atoms with Gasteiger partial charge in [0.2, 0.25) is 5.82 Å². The average Bonchev–Trinajstić information content (AvgIpc) is 3.05. The average molecular weight is 385 g/mol. The number of unbranched alkanes of at least 4 members (excludes halogenated alkanes) is 2. The predicted molar refractivity (Wildman–Crippen MR) is 106 cm³/mol. The number of fused-ring (bicyclic) bond motifs is 1. The monoisotopic (exact) mass is 384 g/mol. The molecular weight excluding hydrogens is 364 g/mol. The fourth-order valence-electron chi connectivity index (χ4n) is 2.78. The second kappa shape index (κ2) is 8.68. The number of amides is 2. The Labute approximate surface area is 162 Å². The Morgan fingerprint density at radius 2 is 1.96 bits per heavy atom. The number of carbonyl (C=O) groups excluding carboxylic acids is 2. The molecule has 0 saturated heterocycles. The summed E-state index contributed by atoms with van der Waals surface area (Å²) in [6, 6.07) is 12.2. The molecule has 140 valence electrons. The van der Waals surface area contributed by atoms with Crippen molar-refractivity contribution >= 4 is 34.6 Å². The summed E-state index contributed by atoms with van der Waals surface area (Å²) in [6.45, 7) is 2.69. The Morgan fingerprint density at radius 1 is 1.11 bits per heavy atom. The van der Waals surface area contributed by atoms with Gasteiger partial charge in [0.1, 0.15) is 0 Å². The molecule has 0 bridgehead atoms. The van der Waals surface area contributed by atoms with Gasteiger partial charge in [-0.05, 0) is 36.8 Å². The maximum Gasteiger partial charge on any atom is 0.292 e. The first-order chi connectivity index (χ1) is 13.1. The molecule has 2 N–H and O–H groups in total. The third-order valence-electron chi connectivity index (χ3n) is 4.11. The van der Waals surface area contributed by atoms with E-state index in [9.17, 15) is 9.59 Å². The van der Waals surface area contributed by atoms with Gasteiger partial charge >= 0.3 is 0 Å². The van der Waals surface area contributed by atoms with Gasteiger partial charge in [0.15, 0.2) is 5.69 Å². The van der Waals surface area contributed by atoms with Crippen LogP contribution in [0.1, 0.15) is 47.3 Å². The third-order valence-corrected chi connectivity index (χ3v) is 4.35. The lowest BCUT2D eigenvalue weighted by Crippen LogP contribution is -2.25. The molecule has 3 aromatic rings. The quantitative estimate of drug-likeness (QED) is 0.600. The van der Waals surface area contributed by atoms with Crippen LogP contribution in [0, 0.1) is 0 Å². The Hall–Kier alpha value is -2.86. The predicted octanol–water partition coefficient (Wildman–Crippen LogP) is 4.16. The third kappa shape index (κ3) is 4.46.